The number of rotatable bonds is 79. The predicted octanol–water partition coefficient (Wildman–Crippen LogP) is 27.6. The number of allylic oxidation sites excluding steroid dienone is 3. The number of hydrogen-bond acceptors (Lipinski definition) is 5. The summed E-state index contributed by atoms with van der Waals surface area (Å²) in [5, 5.41) is 23.3. The van der Waals surface area contributed by atoms with Crippen molar-refractivity contribution in [2.45, 2.75) is 488 Å². The number of nitrogens with one attached hydrogen (secondary N) is 1. The summed E-state index contributed by atoms with van der Waals surface area (Å²) >= 11 is 0. The Morgan fingerprint density at radius 1 is 0.300 bits per heavy atom. The van der Waals surface area contributed by atoms with Crippen molar-refractivity contribution in [2.24, 2.45) is 0 Å². The Morgan fingerprint density at radius 3 is 0.789 bits per heavy atom. The maximum atomic E-state index is 12.6. The summed E-state index contributed by atoms with van der Waals surface area (Å²) in [5.74, 6) is -0.0347. The molecule has 6 nitrogen and oxygen atoms in total. The number of esters is 1. The lowest BCUT2D eigenvalue weighted by Gasteiger charge is -2.20. The van der Waals surface area contributed by atoms with Gasteiger partial charge in [0.25, 0.3) is 0 Å². The molecule has 0 heterocycles. The van der Waals surface area contributed by atoms with Gasteiger partial charge in [-0.15, -0.1) is 0 Å². The van der Waals surface area contributed by atoms with Crippen LogP contribution in [-0.4, -0.2) is 47.4 Å². The summed E-state index contributed by atoms with van der Waals surface area (Å²) < 4.78 is 5.50. The third kappa shape index (κ3) is 75.4. The van der Waals surface area contributed by atoms with E-state index in [-0.39, 0.29) is 18.5 Å². The first-order valence-corrected chi connectivity index (χ1v) is 41.6. The van der Waals surface area contributed by atoms with Crippen molar-refractivity contribution in [3.05, 3.63) is 24.3 Å². The normalized spacial score (nSPS) is 12.5. The third-order valence-corrected chi connectivity index (χ3v) is 19.7. The highest BCUT2D eigenvalue weighted by Gasteiger charge is 2.18. The van der Waals surface area contributed by atoms with Crippen LogP contribution in [0.5, 0.6) is 0 Å². The molecule has 0 aromatic rings. The Bertz CT molecular complexity index is 1410. The molecule has 1 amide bonds. The van der Waals surface area contributed by atoms with Crippen LogP contribution in [0.15, 0.2) is 24.3 Å². The second-order valence-electron chi connectivity index (χ2n) is 28.8. The molecule has 0 radical (unpaired) electrons. The fourth-order valence-electron chi connectivity index (χ4n) is 13.4. The minimum atomic E-state index is -0.843. The third-order valence-electron chi connectivity index (χ3n) is 19.7. The van der Waals surface area contributed by atoms with E-state index >= 15 is 0 Å². The van der Waals surface area contributed by atoms with Crippen molar-refractivity contribution >= 4 is 11.9 Å². The molecule has 0 saturated heterocycles. The molecule has 0 aliphatic rings. The van der Waals surface area contributed by atoms with Gasteiger partial charge in [0.1, 0.15) is 0 Å². The molecule has 534 valence electrons. The first kappa shape index (κ1) is 88.3. The Labute approximate surface area is 564 Å². The van der Waals surface area contributed by atoms with Gasteiger partial charge in [0, 0.05) is 12.8 Å². The van der Waals surface area contributed by atoms with Crippen molar-refractivity contribution in [1.82, 2.24) is 5.32 Å². The zero-order valence-electron chi connectivity index (χ0n) is 61.4. The monoisotopic (exact) mass is 1270 g/mol. The van der Waals surface area contributed by atoms with Crippen molar-refractivity contribution in [3.63, 3.8) is 0 Å². The summed E-state index contributed by atoms with van der Waals surface area (Å²) in [6, 6.07) is -0.626. The van der Waals surface area contributed by atoms with E-state index in [2.05, 4.69) is 31.3 Å². The molecule has 3 N–H and O–H groups in total. The van der Waals surface area contributed by atoms with Crippen LogP contribution in [0.4, 0.5) is 0 Å². The van der Waals surface area contributed by atoms with Crippen molar-refractivity contribution < 1.29 is 24.5 Å². The summed E-state index contributed by atoms with van der Waals surface area (Å²) in [6.07, 6.45) is 103. The molecule has 0 fully saturated rings. The summed E-state index contributed by atoms with van der Waals surface area (Å²) in [7, 11) is 0. The molecule has 90 heavy (non-hydrogen) atoms. The Hall–Kier alpha value is -1.66. The number of amides is 1. The number of aliphatic hydroxyl groups excluding tert-OH is 2. The number of unbranched alkanes of at least 4 members (excludes halogenated alkanes) is 66. The molecule has 2 unspecified atom stereocenters. The number of carbonyl (C=O) groups is 2. The number of hydrogen-bond donors (Lipinski definition) is 3. The smallest absolute Gasteiger partial charge is 0.305 e. The maximum Gasteiger partial charge on any atom is 0.305 e. The van der Waals surface area contributed by atoms with E-state index in [0.717, 1.165) is 38.5 Å². The minimum absolute atomic E-state index is 0.0238. The molecule has 0 aliphatic heterocycles. The molecule has 0 aliphatic carbocycles. The topological polar surface area (TPSA) is 95.9 Å². The predicted molar refractivity (Wildman–Crippen MR) is 398 cm³/mol. The van der Waals surface area contributed by atoms with Crippen LogP contribution in [0.25, 0.3) is 0 Å². The lowest BCUT2D eigenvalue weighted by molar-refractivity contribution is -0.143. The van der Waals surface area contributed by atoms with E-state index < -0.39 is 12.1 Å². The standard InChI is InChI=1S/C84H163NO5/c1-3-5-7-9-11-13-15-17-18-19-20-21-37-40-43-46-49-53-56-60-64-68-72-76-82(87)81(80-86)85-83(88)77-73-69-65-61-57-54-50-47-44-41-38-35-33-31-29-27-25-23-22-24-26-28-30-32-34-36-39-42-45-48-51-55-59-63-67-71-75-79-90-84(89)78-74-70-66-62-58-52-16-14-12-10-8-6-4-2/h22,24,72,76,81-82,86-87H,3-21,23,25-71,73-75,77-80H2,1-2H3,(H,85,88)/b24-22-,76-72+. The Kier molecular flexibility index (Phi) is 78.3. The van der Waals surface area contributed by atoms with Gasteiger partial charge in [-0.1, -0.05) is 430 Å². The van der Waals surface area contributed by atoms with Crippen molar-refractivity contribution in [1.29, 1.82) is 0 Å². The van der Waals surface area contributed by atoms with E-state index in [1.54, 1.807) is 6.08 Å². The second-order valence-corrected chi connectivity index (χ2v) is 28.8. The summed E-state index contributed by atoms with van der Waals surface area (Å²) in [6.45, 7) is 4.96. The minimum Gasteiger partial charge on any atom is -0.466 e. The van der Waals surface area contributed by atoms with Gasteiger partial charge < -0.3 is 20.3 Å². The van der Waals surface area contributed by atoms with Gasteiger partial charge in [0.15, 0.2) is 0 Å². The lowest BCUT2D eigenvalue weighted by Crippen LogP contribution is -2.45. The van der Waals surface area contributed by atoms with Gasteiger partial charge >= 0.3 is 5.97 Å². The van der Waals surface area contributed by atoms with E-state index in [0.29, 0.717) is 19.4 Å². The van der Waals surface area contributed by atoms with Crippen LogP contribution in [0, 0.1) is 0 Å². The van der Waals surface area contributed by atoms with E-state index in [1.807, 2.05) is 6.08 Å². The number of ether oxygens (including phenoxy) is 1. The highest BCUT2D eigenvalue weighted by molar-refractivity contribution is 5.76. The molecule has 0 aromatic carbocycles. The van der Waals surface area contributed by atoms with Crippen LogP contribution in [0.2, 0.25) is 0 Å². The Balaban J connectivity index is 3.35. The van der Waals surface area contributed by atoms with Gasteiger partial charge in [-0.05, 0) is 57.8 Å². The van der Waals surface area contributed by atoms with Crippen LogP contribution in [0.1, 0.15) is 476 Å². The fraction of sp³-hybridized carbons (Fsp3) is 0.929. The van der Waals surface area contributed by atoms with Crippen molar-refractivity contribution in [3.8, 4) is 0 Å². The van der Waals surface area contributed by atoms with Crippen LogP contribution in [-0.2, 0) is 14.3 Å². The molecule has 0 aromatic heterocycles. The van der Waals surface area contributed by atoms with Gasteiger partial charge in [-0.2, -0.15) is 0 Å². The zero-order chi connectivity index (χ0) is 64.9. The fourth-order valence-corrected chi connectivity index (χ4v) is 13.4. The first-order valence-electron chi connectivity index (χ1n) is 41.6. The highest BCUT2D eigenvalue weighted by atomic mass is 16.5. The molecule has 0 saturated carbocycles. The quantitative estimate of drug-likeness (QED) is 0.0320. The molecule has 0 bridgehead atoms. The maximum absolute atomic E-state index is 12.6. The van der Waals surface area contributed by atoms with E-state index in [1.165, 1.54) is 411 Å². The first-order chi connectivity index (χ1) is 44.5. The van der Waals surface area contributed by atoms with Gasteiger partial charge in [-0.3, -0.25) is 9.59 Å². The average Bonchev–Trinajstić information content (AvgIpc) is 3.67. The van der Waals surface area contributed by atoms with Crippen LogP contribution >= 0.6 is 0 Å². The molecule has 0 rings (SSSR count). The van der Waals surface area contributed by atoms with Crippen LogP contribution < -0.4 is 5.32 Å². The molecule has 2 atom stereocenters. The zero-order valence-corrected chi connectivity index (χ0v) is 61.4. The summed E-state index contributed by atoms with van der Waals surface area (Å²) in [5.41, 5.74) is 0. The summed E-state index contributed by atoms with van der Waals surface area (Å²) in [4.78, 5) is 24.6. The Morgan fingerprint density at radius 2 is 0.522 bits per heavy atom. The van der Waals surface area contributed by atoms with Crippen molar-refractivity contribution in [2.75, 3.05) is 13.2 Å². The average molecular weight is 1270 g/mol. The molecule has 6 heteroatoms. The number of aliphatic hydroxyl groups is 2. The number of carbonyl (C=O) groups excluding carboxylic acids is 2. The van der Waals surface area contributed by atoms with Crippen LogP contribution in [0.3, 0.4) is 0 Å². The van der Waals surface area contributed by atoms with Gasteiger partial charge in [0.05, 0.1) is 25.4 Å². The van der Waals surface area contributed by atoms with Gasteiger partial charge in [0.2, 0.25) is 5.91 Å². The lowest BCUT2D eigenvalue weighted by atomic mass is 10.0. The van der Waals surface area contributed by atoms with E-state index in [9.17, 15) is 19.8 Å². The molecular weight excluding hydrogens is 1100 g/mol. The highest BCUT2D eigenvalue weighted by Crippen LogP contribution is 2.20. The largest absolute Gasteiger partial charge is 0.466 e. The molecule has 0 spiro atoms. The van der Waals surface area contributed by atoms with E-state index in [4.69, 9.17) is 4.74 Å². The SMILES string of the molecule is CCCCCCCCCCCCCCCCCCCCCCC/C=C/C(O)C(CO)NC(=O)CCCCCCCCCCCCCCCCCCC/C=C\CCCCCCCCCCCCCCCCCCOC(=O)CCCCCCCCCCCCCCC. The second kappa shape index (κ2) is 79.8. The molecular formula is C84H163NO5. The van der Waals surface area contributed by atoms with Gasteiger partial charge in [-0.25, -0.2) is 0 Å².